The van der Waals surface area contributed by atoms with Gasteiger partial charge in [-0.1, -0.05) is 26.2 Å². The van der Waals surface area contributed by atoms with Gasteiger partial charge in [0.05, 0.1) is 12.2 Å². The van der Waals surface area contributed by atoms with Crippen molar-refractivity contribution < 1.29 is 23.5 Å². The van der Waals surface area contributed by atoms with Crippen LogP contribution in [0.2, 0.25) is 0 Å². The van der Waals surface area contributed by atoms with Crippen molar-refractivity contribution in [3.63, 3.8) is 0 Å². The molecule has 0 aliphatic carbocycles. The molecule has 1 amide bonds. The molecule has 0 aliphatic heterocycles. The molecule has 0 unspecified atom stereocenters. The van der Waals surface area contributed by atoms with Crippen molar-refractivity contribution >= 4 is 17.6 Å². The second-order valence-electron chi connectivity index (χ2n) is 6.48. The van der Waals surface area contributed by atoms with Gasteiger partial charge in [-0.05, 0) is 61.9 Å². The van der Waals surface area contributed by atoms with E-state index in [1.807, 2.05) is 0 Å². The van der Waals surface area contributed by atoms with E-state index in [9.17, 15) is 14.0 Å². The minimum atomic E-state index is -0.993. The number of benzene rings is 2. The lowest BCUT2D eigenvalue weighted by molar-refractivity contribution is -0.123. The normalized spacial score (nSPS) is 11.5. The predicted octanol–water partition coefficient (Wildman–Crippen LogP) is 4.97. The lowest BCUT2D eigenvalue weighted by atomic mass is 10.2. The molecule has 0 spiro atoms. The van der Waals surface area contributed by atoms with Crippen LogP contribution in [0.5, 0.6) is 5.75 Å². The Kier molecular flexibility index (Phi) is 8.46. The van der Waals surface area contributed by atoms with Gasteiger partial charge in [0.2, 0.25) is 0 Å². The summed E-state index contributed by atoms with van der Waals surface area (Å²) >= 11 is 0. The lowest BCUT2D eigenvalue weighted by Crippen LogP contribution is -2.30. The van der Waals surface area contributed by atoms with Gasteiger partial charge in [-0.2, -0.15) is 0 Å². The highest BCUT2D eigenvalue weighted by atomic mass is 19.1. The zero-order valence-corrected chi connectivity index (χ0v) is 16.2. The van der Waals surface area contributed by atoms with E-state index < -0.39 is 23.8 Å². The largest absolute Gasteiger partial charge is 0.494 e. The summed E-state index contributed by atoms with van der Waals surface area (Å²) in [6, 6.07) is 12.0. The SMILES string of the molecule is CCCCCCOc1ccc(C(=O)O[C@@H](C)C(=O)Nc2ccc(F)cc2)cc1. The first-order chi connectivity index (χ1) is 13.5. The number of ether oxygens (including phenoxy) is 2. The van der Waals surface area contributed by atoms with Crippen molar-refractivity contribution in [2.45, 2.75) is 45.6 Å². The monoisotopic (exact) mass is 387 g/mol. The number of carbonyl (C=O) groups excluding carboxylic acids is 2. The fraction of sp³-hybridized carbons (Fsp3) is 0.364. The number of halogens is 1. The lowest BCUT2D eigenvalue weighted by Gasteiger charge is -2.14. The first-order valence-corrected chi connectivity index (χ1v) is 9.50. The Balaban J connectivity index is 1.80. The van der Waals surface area contributed by atoms with Gasteiger partial charge >= 0.3 is 5.97 Å². The van der Waals surface area contributed by atoms with Crippen LogP contribution in [0.4, 0.5) is 10.1 Å². The molecule has 0 bridgehead atoms. The van der Waals surface area contributed by atoms with E-state index in [1.54, 1.807) is 24.3 Å². The van der Waals surface area contributed by atoms with Crippen LogP contribution < -0.4 is 10.1 Å². The van der Waals surface area contributed by atoms with Crippen LogP contribution in [-0.4, -0.2) is 24.6 Å². The molecule has 0 aromatic heterocycles. The van der Waals surface area contributed by atoms with E-state index in [4.69, 9.17) is 9.47 Å². The molecule has 0 saturated carbocycles. The van der Waals surface area contributed by atoms with Crippen molar-refractivity contribution in [1.29, 1.82) is 0 Å². The number of hydrogen-bond donors (Lipinski definition) is 1. The minimum absolute atomic E-state index is 0.333. The number of amides is 1. The highest BCUT2D eigenvalue weighted by molar-refractivity contribution is 5.97. The van der Waals surface area contributed by atoms with E-state index in [-0.39, 0.29) is 0 Å². The summed E-state index contributed by atoms with van der Waals surface area (Å²) in [5, 5.41) is 2.57. The maximum Gasteiger partial charge on any atom is 0.338 e. The maximum absolute atomic E-state index is 12.9. The summed E-state index contributed by atoms with van der Waals surface area (Å²) in [6.07, 6.45) is 3.52. The maximum atomic E-state index is 12.9. The molecule has 0 aliphatic rings. The molecule has 0 heterocycles. The number of rotatable bonds is 10. The third-order valence-electron chi connectivity index (χ3n) is 4.12. The zero-order valence-electron chi connectivity index (χ0n) is 16.2. The number of nitrogens with one attached hydrogen (secondary N) is 1. The molecule has 2 aromatic rings. The molecule has 6 heteroatoms. The molecule has 2 rings (SSSR count). The molecule has 1 atom stereocenters. The smallest absolute Gasteiger partial charge is 0.338 e. The molecule has 1 N–H and O–H groups in total. The van der Waals surface area contributed by atoms with Gasteiger partial charge in [0.15, 0.2) is 6.10 Å². The Bertz CT molecular complexity index is 759. The molecule has 2 aromatic carbocycles. The summed E-state index contributed by atoms with van der Waals surface area (Å²) < 4.78 is 23.7. The summed E-state index contributed by atoms with van der Waals surface area (Å²) in [6.45, 7) is 4.28. The third-order valence-corrected chi connectivity index (χ3v) is 4.12. The number of carbonyl (C=O) groups is 2. The average molecular weight is 387 g/mol. The van der Waals surface area contributed by atoms with Crippen LogP contribution in [0.1, 0.15) is 49.9 Å². The van der Waals surface area contributed by atoms with Crippen LogP contribution in [0.3, 0.4) is 0 Å². The van der Waals surface area contributed by atoms with Gasteiger partial charge in [0, 0.05) is 5.69 Å². The third kappa shape index (κ3) is 7.02. The van der Waals surface area contributed by atoms with Crippen molar-refractivity contribution in [2.24, 2.45) is 0 Å². The highest BCUT2D eigenvalue weighted by Gasteiger charge is 2.19. The topological polar surface area (TPSA) is 64.6 Å². The second-order valence-corrected chi connectivity index (χ2v) is 6.48. The van der Waals surface area contributed by atoms with Crippen LogP contribution in [0, 0.1) is 5.82 Å². The number of unbranched alkanes of at least 4 members (excludes halogenated alkanes) is 3. The van der Waals surface area contributed by atoms with E-state index in [0.29, 0.717) is 23.6 Å². The van der Waals surface area contributed by atoms with Crippen molar-refractivity contribution in [3.05, 3.63) is 59.9 Å². The summed E-state index contributed by atoms with van der Waals surface area (Å²) in [5.41, 5.74) is 0.759. The van der Waals surface area contributed by atoms with Gasteiger partial charge in [-0.25, -0.2) is 9.18 Å². The van der Waals surface area contributed by atoms with E-state index in [0.717, 1.165) is 12.8 Å². The molecule has 28 heavy (non-hydrogen) atoms. The van der Waals surface area contributed by atoms with Crippen LogP contribution in [0.15, 0.2) is 48.5 Å². The highest BCUT2D eigenvalue weighted by Crippen LogP contribution is 2.15. The fourth-order valence-electron chi connectivity index (χ4n) is 2.47. The molecule has 0 radical (unpaired) electrons. The minimum Gasteiger partial charge on any atom is -0.494 e. The summed E-state index contributed by atoms with van der Waals surface area (Å²) in [5.74, 6) is -0.802. The van der Waals surface area contributed by atoms with Gasteiger partial charge in [-0.15, -0.1) is 0 Å². The van der Waals surface area contributed by atoms with Gasteiger partial charge in [0.1, 0.15) is 11.6 Å². The van der Waals surface area contributed by atoms with E-state index in [2.05, 4.69) is 12.2 Å². The van der Waals surface area contributed by atoms with Crippen LogP contribution in [-0.2, 0) is 9.53 Å². The molecule has 0 saturated heterocycles. The number of hydrogen-bond acceptors (Lipinski definition) is 4. The molecule has 0 fully saturated rings. The Morgan fingerprint density at radius 3 is 2.32 bits per heavy atom. The van der Waals surface area contributed by atoms with E-state index >= 15 is 0 Å². The average Bonchev–Trinajstić information content (AvgIpc) is 2.70. The van der Waals surface area contributed by atoms with Crippen molar-refractivity contribution in [3.8, 4) is 5.75 Å². The second kappa shape index (κ2) is 11.1. The van der Waals surface area contributed by atoms with Crippen LogP contribution in [0.25, 0.3) is 0 Å². The zero-order chi connectivity index (χ0) is 20.4. The Labute approximate surface area is 164 Å². The van der Waals surface area contributed by atoms with Gasteiger partial charge in [-0.3, -0.25) is 4.79 Å². The van der Waals surface area contributed by atoms with Gasteiger partial charge < -0.3 is 14.8 Å². The molecule has 5 nitrogen and oxygen atoms in total. The quantitative estimate of drug-likeness (QED) is 0.462. The molecular formula is C22H26FNO4. The number of anilines is 1. The molecular weight excluding hydrogens is 361 g/mol. The fourth-order valence-corrected chi connectivity index (χ4v) is 2.47. The first-order valence-electron chi connectivity index (χ1n) is 9.50. The summed E-state index contributed by atoms with van der Waals surface area (Å²) in [4.78, 5) is 24.3. The van der Waals surface area contributed by atoms with Gasteiger partial charge in [0.25, 0.3) is 5.91 Å². The van der Waals surface area contributed by atoms with E-state index in [1.165, 1.54) is 44.0 Å². The number of esters is 1. The Morgan fingerprint density at radius 1 is 1.00 bits per heavy atom. The van der Waals surface area contributed by atoms with Crippen LogP contribution >= 0.6 is 0 Å². The Hall–Kier alpha value is -2.89. The first kappa shape index (κ1) is 21.4. The summed E-state index contributed by atoms with van der Waals surface area (Å²) in [7, 11) is 0. The Morgan fingerprint density at radius 2 is 1.68 bits per heavy atom. The van der Waals surface area contributed by atoms with Crippen molar-refractivity contribution in [1.82, 2.24) is 0 Å². The standard InChI is InChI=1S/C22H26FNO4/c1-3-4-5-6-15-27-20-13-7-17(8-14-20)22(26)28-16(2)21(25)24-19-11-9-18(23)10-12-19/h7-14,16H,3-6,15H2,1-2H3,(H,24,25)/t16-/m0/s1. The molecule has 150 valence electrons. The van der Waals surface area contributed by atoms with Crippen molar-refractivity contribution in [2.75, 3.05) is 11.9 Å². The predicted molar refractivity (Wildman–Crippen MR) is 106 cm³/mol.